The van der Waals surface area contributed by atoms with Crippen molar-refractivity contribution in [1.82, 2.24) is 4.31 Å². The number of unbranched alkanes of at least 4 members (excludes halogenated alkanes) is 1. The van der Waals surface area contributed by atoms with Gasteiger partial charge in [-0.1, -0.05) is 63.6 Å². The van der Waals surface area contributed by atoms with Crippen molar-refractivity contribution < 1.29 is 35.9 Å². The molecular formula is C44H54N5O7S2+. The summed E-state index contributed by atoms with van der Waals surface area (Å²) in [6.07, 6.45) is 12.5. The van der Waals surface area contributed by atoms with Crippen LogP contribution in [0.5, 0.6) is 0 Å². The van der Waals surface area contributed by atoms with Crippen molar-refractivity contribution in [3.05, 3.63) is 112 Å². The number of benzene rings is 2. The molecule has 1 unspecified atom stereocenters. The molecule has 2 N–H and O–H groups in total. The van der Waals surface area contributed by atoms with Crippen LogP contribution in [0.2, 0.25) is 0 Å². The topological polar surface area (TPSA) is 163 Å². The first-order valence-electron chi connectivity index (χ1n) is 19.6. The Morgan fingerprint density at radius 3 is 2.40 bits per heavy atom. The highest BCUT2D eigenvalue weighted by Crippen LogP contribution is 2.49. The van der Waals surface area contributed by atoms with Crippen LogP contribution in [-0.4, -0.2) is 85.0 Å². The van der Waals surface area contributed by atoms with Crippen LogP contribution >= 0.6 is 0 Å². The highest BCUT2D eigenvalue weighted by molar-refractivity contribution is 7.89. The molecule has 14 heteroatoms. The Hall–Kier alpha value is -4.86. The molecule has 0 bridgehead atoms. The molecular weight excluding hydrogens is 775 g/mol. The largest absolute Gasteiger partial charge is 0.481 e. The first-order valence-corrected chi connectivity index (χ1v) is 22.7. The van der Waals surface area contributed by atoms with E-state index < -0.39 is 42.8 Å². The summed E-state index contributed by atoms with van der Waals surface area (Å²) in [6, 6.07) is 15.5. The van der Waals surface area contributed by atoms with Crippen molar-refractivity contribution in [1.29, 1.82) is 5.26 Å². The Balaban J connectivity index is 1.56. The fourth-order valence-corrected chi connectivity index (χ4v) is 9.99. The summed E-state index contributed by atoms with van der Waals surface area (Å²) >= 11 is 0. The van der Waals surface area contributed by atoms with Crippen molar-refractivity contribution in [2.75, 3.05) is 37.3 Å². The van der Waals surface area contributed by atoms with Crippen molar-refractivity contribution in [3.8, 4) is 6.07 Å². The molecule has 0 amide bonds. The number of rotatable bonds is 16. The fraction of sp³-hybridized carbons (Fsp3) is 0.455. The minimum absolute atomic E-state index is 0.0248. The maximum atomic E-state index is 13.6. The van der Waals surface area contributed by atoms with Crippen LogP contribution in [0.1, 0.15) is 90.7 Å². The van der Waals surface area contributed by atoms with Gasteiger partial charge in [0.15, 0.2) is 11.8 Å². The Bertz CT molecular complexity index is 2410. The molecule has 58 heavy (non-hydrogen) atoms. The Morgan fingerprint density at radius 2 is 1.74 bits per heavy atom. The van der Waals surface area contributed by atoms with Gasteiger partial charge in [-0.2, -0.15) is 18.3 Å². The Labute approximate surface area is 343 Å². The summed E-state index contributed by atoms with van der Waals surface area (Å²) in [7, 11) is -6.81. The summed E-state index contributed by atoms with van der Waals surface area (Å²) in [4.78, 5) is 16.8. The molecule has 0 saturated carbocycles. The van der Waals surface area contributed by atoms with Gasteiger partial charge < -0.3 is 10.0 Å². The number of aliphatic carboxylic acids is 1. The third kappa shape index (κ3) is 9.21. The zero-order valence-corrected chi connectivity index (χ0v) is 35.8. The lowest BCUT2D eigenvalue weighted by Crippen LogP contribution is -2.29. The van der Waals surface area contributed by atoms with Gasteiger partial charge in [0.05, 0.1) is 28.9 Å². The molecule has 2 aliphatic heterocycles. The second-order valence-electron chi connectivity index (χ2n) is 16.4. The number of sulfonamides is 1. The number of carbonyl (C=O) groups is 1. The number of hydrogen-bond donors (Lipinski definition) is 2. The quantitative estimate of drug-likeness (QED) is 0.0981. The van der Waals surface area contributed by atoms with Crippen LogP contribution in [-0.2, 0) is 35.8 Å². The third-order valence-electron chi connectivity index (χ3n) is 11.5. The molecule has 0 radical (unpaired) electrons. The molecule has 2 aromatic carbocycles. The summed E-state index contributed by atoms with van der Waals surface area (Å²) in [5, 5.41) is 19.4. The van der Waals surface area contributed by atoms with E-state index in [1.54, 1.807) is 12.1 Å². The number of para-hydroxylation sites is 1. The predicted molar refractivity (Wildman–Crippen MR) is 226 cm³/mol. The maximum Gasteiger partial charge on any atom is 0.323 e. The number of carboxylic acids is 1. The summed E-state index contributed by atoms with van der Waals surface area (Å²) in [6.45, 7) is 19.7. The van der Waals surface area contributed by atoms with E-state index in [9.17, 15) is 31.4 Å². The molecule has 3 aliphatic rings. The van der Waals surface area contributed by atoms with Gasteiger partial charge in [-0.05, 0) is 67.7 Å². The lowest BCUT2D eigenvalue weighted by molar-refractivity contribution is -0.438. The second-order valence-corrected chi connectivity index (χ2v) is 20.0. The molecule has 1 atom stereocenters. The van der Waals surface area contributed by atoms with E-state index in [4.69, 9.17) is 11.7 Å². The van der Waals surface area contributed by atoms with Crippen molar-refractivity contribution in [2.45, 2.75) is 101 Å². The van der Waals surface area contributed by atoms with Crippen molar-refractivity contribution in [2.24, 2.45) is 0 Å². The molecule has 2 aromatic rings. The second kappa shape index (κ2) is 17.2. The Kier molecular flexibility index (Phi) is 13.1. The molecule has 0 saturated heterocycles. The minimum atomic E-state index is -4.24. The van der Waals surface area contributed by atoms with E-state index in [0.717, 1.165) is 46.2 Å². The van der Waals surface area contributed by atoms with E-state index in [1.165, 1.54) is 24.4 Å². The first kappa shape index (κ1) is 44.2. The van der Waals surface area contributed by atoms with E-state index >= 15 is 0 Å². The van der Waals surface area contributed by atoms with E-state index in [0.29, 0.717) is 11.3 Å². The highest BCUT2D eigenvalue weighted by Gasteiger charge is 2.45. The average molecular weight is 829 g/mol. The van der Waals surface area contributed by atoms with Gasteiger partial charge in [0, 0.05) is 67.5 Å². The van der Waals surface area contributed by atoms with Crippen LogP contribution in [0.25, 0.3) is 4.85 Å². The van der Waals surface area contributed by atoms with Crippen LogP contribution < -0.4 is 4.90 Å². The number of allylic oxidation sites excluding steroid dienone is 6. The van der Waals surface area contributed by atoms with Gasteiger partial charge in [-0.15, -0.1) is 0 Å². The molecule has 12 nitrogen and oxygen atoms in total. The Morgan fingerprint density at radius 1 is 1.02 bits per heavy atom. The zero-order valence-electron chi connectivity index (χ0n) is 34.2. The van der Waals surface area contributed by atoms with E-state index in [1.807, 2.05) is 43.1 Å². The van der Waals surface area contributed by atoms with Crippen LogP contribution in [0.3, 0.4) is 0 Å². The number of fused-ring (bicyclic) bond motifs is 2. The van der Waals surface area contributed by atoms with Crippen molar-refractivity contribution >= 4 is 43.2 Å². The van der Waals surface area contributed by atoms with Crippen molar-refractivity contribution in [3.63, 3.8) is 0 Å². The monoisotopic (exact) mass is 828 g/mol. The van der Waals surface area contributed by atoms with Gasteiger partial charge in [0.25, 0.3) is 10.1 Å². The van der Waals surface area contributed by atoms with Gasteiger partial charge in [-0.25, -0.2) is 19.3 Å². The number of carboxylic acid groups (broad SMARTS) is 1. The number of nitrogens with zero attached hydrogens (tertiary/aromatic N) is 5. The predicted octanol–water partition coefficient (Wildman–Crippen LogP) is 7.69. The normalized spacial score (nSPS) is 21.3. The minimum Gasteiger partial charge on any atom is -0.481 e. The summed E-state index contributed by atoms with van der Waals surface area (Å²) in [5.74, 6) is -1.48. The summed E-state index contributed by atoms with van der Waals surface area (Å²) < 4.78 is 63.7. The molecule has 0 spiro atoms. The summed E-state index contributed by atoms with van der Waals surface area (Å²) in [5.41, 5.74) is 4.91. The van der Waals surface area contributed by atoms with E-state index in [2.05, 4.69) is 66.6 Å². The fourth-order valence-electron chi connectivity index (χ4n) is 8.26. The van der Waals surface area contributed by atoms with E-state index in [-0.39, 0.29) is 55.5 Å². The van der Waals surface area contributed by atoms with Crippen LogP contribution in [0.4, 0.5) is 11.4 Å². The number of hydrogen-bond acceptors (Lipinski definition) is 7. The zero-order chi connectivity index (χ0) is 42.7. The van der Waals surface area contributed by atoms with Gasteiger partial charge in [0.2, 0.25) is 15.7 Å². The molecule has 5 rings (SSSR count). The molecule has 0 fully saturated rings. The van der Waals surface area contributed by atoms with Crippen LogP contribution in [0.15, 0.2) is 94.6 Å². The highest BCUT2D eigenvalue weighted by atomic mass is 32.2. The number of nitriles is 1. The average Bonchev–Trinajstić information content (AvgIpc) is 3.51. The SMILES string of the molecule is [C-]#[N+]C1(C#N)CC(/C=C/C2=[N+](CCCC)c3ccccc3C2(C)C)=CC(=C/C=C2/N(CCCS(=O)(=O)O)c3ccc(S(=O)(=O)N(C)CCCC(=O)O)cc3C2(C)C)/C1. The molecule has 0 aromatic heterocycles. The first-order chi connectivity index (χ1) is 27.2. The molecule has 1 aliphatic carbocycles. The third-order valence-corrected chi connectivity index (χ3v) is 14.1. The van der Waals surface area contributed by atoms with Crippen LogP contribution in [0, 0.1) is 17.9 Å². The molecule has 2 heterocycles. The standard InChI is InChI=1S/C44H53N5O7S2/c1-8-9-24-48-37-15-11-10-14-35(37)42(2,3)39(48)21-17-32-27-33(30-44(29-32,31-45)46-6)18-22-40-43(4,5)36-28-34(58(55,56)47(7)23-12-16-41(50)51)19-20-38(36)49(40)25-13-26-57(52,53)54/h10-11,14-15,17-22,27-28H,8-9,12-13,16,23-26,29-30H2,1-5,7H3,(H-,50,51,52,53,54)/p+1. The van der Waals surface area contributed by atoms with Gasteiger partial charge >= 0.3 is 11.5 Å². The van der Waals surface area contributed by atoms with Gasteiger partial charge in [-0.3, -0.25) is 14.2 Å². The lowest BCUT2D eigenvalue weighted by atomic mass is 9.78. The molecule has 308 valence electrons. The number of anilines is 1. The maximum absolute atomic E-state index is 13.6. The van der Waals surface area contributed by atoms with Gasteiger partial charge in [0.1, 0.15) is 6.54 Å². The smallest absolute Gasteiger partial charge is 0.323 e. The lowest BCUT2D eigenvalue weighted by Gasteiger charge is -2.27.